The molecule has 0 aromatic carbocycles. The van der Waals surface area contributed by atoms with Crippen LogP contribution in [0.3, 0.4) is 0 Å². The lowest BCUT2D eigenvalue weighted by molar-refractivity contribution is 0.0689. The molecule has 5 heteroatoms. The second-order valence-electron chi connectivity index (χ2n) is 2.40. The van der Waals surface area contributed by atoms with Crippen molar-refractivity contribution in [2.75, 3.05) is 6.86 Å². The molecule has 4 nitrogen and oxygen atoms in total. The van der Waals surface area contributed by atoms with Gasteiger partial charge in [-0.1, -0.05) is 0 Å². The Morgan fingerprint density at radius 1 is 1.77 bits per heavy atom. The minimum absolute atomic E-state index is 0.0498. The van der Waals surface area contributed by atoms with Gasteiger partial charge in [-0.3, -0.25) is 0 Å². The predicted octanol–water partition coefficient (Wildman–Crippen LogP) is 1.39. The lowest BCUT2D eigenvalue weighted by atomic mass is 10.2. The smallest absolute Gasteiger partial charge is 0.354 e. The lowest BCUT2D eigenvalue weighted by Gasteiger charge is -2.03. The van der Waals surface area contributed by atoms with Crippen LogP contribution < -0.4 is 4.74 Å². The van der Waals surface area contributed by atoms with Crippen molar-refractivity contribution in [3.63, 3.8) is 0 Å². The summed E-state index contributed by atoms with van der Waals surface area (Å²) < 4.78 is 16.2. The van der Waals surface area contributed by atoms with Crippen molar-refractivity contribution >= 4 is 5.97 Å². The van der Waals surface area contributed by atoms with Crippen molar-refractivity contribution in [1.82, 2.24) is 4.98 Å². The lowest BCUT2D eigenvalue weighted by Crippen LogP contribution is -2.03. The van der Waals surface area contributed by atoms with Gasteiger partial charge in [-0.25, -0.2) is 14.2 Å². The number of carboxylic acids is 1. The summed E-state index contributed by atoms with van der Waals surface area (Å²) in [5.41, 5.74) is 0.393. The molecule has 0 bridgehead atoms. The SMILES string of the molecule is Cc1cc(OCF)cnc1C(=O)O. The molecule has 0 fully saturated rings. The number of aromatic nitrogens is 1. The zero-order valence-electron chi connectivity index (χ0n) is 6.95. The highest BCUT2D eigenvalue weighted by molar-refractivity contribution is 5.87. The van der Waals surface area contributed by atoms with Gasteiger partial charge in [-0.2, -0.15) is 0 Å². The van der Waals surface area contributed by atoms with E-state index in [1.165, 1.54) is 12.3 Å². The van der Waals surface area contributed by atoms with Crippen LogP contribution in [0, 0.1) is 6.92 Å². The Hall–Kier alpha value is -1.65. The second-order valence-corrected chi connectivity index (χ2v) is 2.40. The van der Waals surface area contributed by atoms with E-state index in [4.69, 9.17) is 5.11 Å². The first-order valence-electron chi connectivity index (χ1n) is 3.54. The van der Waals surface area contributed by atoms with Gasteiger partial charge in [0.25, 0.3) is 0 Å². The highest BCUT2D eigenvalue weighted by Gasteiger charge is 2.09. The fourth-order valence-corrected chi connectivity index (χ4v) is 0.915. The predicted molar refractivity (Wildman–Crippen MR) is 42.5 cm³/mol. The molecule has 1 aromatic rings. The zero-order valence-corrected chi connectivity index (χ0v) is 6.95. The third-order valence-electron chi connectivity index (χ3n) is 1.48. The van der Waals surface area contributed by atoms with Gasteiger partial charge in [0.1, 0.15) is 5.75 Å². The standard InChI is InChI=1S/C8H8FNO3/c1-5-2-6(13-4-9)3-10-7(5)8(11)12/h2-3H,4H2,1H3,(H,11,12). The zero-order chi connectivity index (χ0) is 9.84. The van der Waals surface area contributed by atoms with Gasteiger partial charge in [0, 0.05) is 0 Å². The number of carboxylic acid groups (broad SMARTS) is 1. The highest BCUT2D eigenvalue weighted by Crippen LogP contribution is 2.14. The molecule has 1 rings (SSSR count). The van der Waals surface area contributed by atoms with E-state index in [9.17, 15) is 9.18 Å². The number of alkyl halides is 1. The largest absolute Gasteiger partial charge is 0.477 e. The van der Waals surface area contributed by atoms with Crippen molar-refractivity contribution in [2.24, 2.45) is 0 Å². The van der Waals surface area contributed by atoms with Crippen molar-refractivity contribution in [1.29, 1.82) is 0 Å². The molecule has 0 amide bonds. The van der Waals surface area contributed by atoms with Crippen LogP contribution in [0.1, 0.15) is 16.1 Å². The molecule has 0 spiro atoms. The molecule has 70 valence electrons. The first kappa shape index (κ1) is 9.44. The maximum absolute atomic E-state index is 11.7. The number of rotatable bonds is 3. The van der Waals surface area contributed by atoms with E-state index in [1.54, 1.807) is 6.92 Å². The molecular weight excluding hydrogens is 177 g/mol. The molecular formula is C8H8FNO3. The van der Waals surface area contributed by atoms with Gasteiger partial charge < -0.3 is 9.84 Å². The minimum atomic E-state index is -1.11. The van der Waals surface area contributed by atoms with E-state index >= 15 is 0 Å². The molecule has 0 radical (unpaired) electrons. The van der Waals surface area contributed by atoms with Crippen molar-refractivity contribution < 1.29 is 19.0 Å². The molecule has 0 unspecified atom stereocenters. The highest BCUT2D eigenvalue weighted by atomic mass is 19.1. The number of aryl methyl sites for hydroxylation is 1. The Labute approximate surface area is 74.0 Å². The van der Waals surface area contributed by atoms with Crippen LogP contribution in [0.15, 0.2) is 12.3 Å². The molecule has 0 saturated carbocycles. The van der Waals surface area contributed by atoms with Crippen molar-refractivity contribution in [3.05, 3.63) is 23.5 Å². The number of halogens is 1. The van der Waals surface area contributed by atoms with E-state index in [1.807, 2.05) is 0 Å². The van der Waals surface area contributed by atoms with E-state index in [2.05, 4.69) is 9.72 Å². The Kier molecular flexibility index (Phi) is 2.79. The minimum Gasteiger partial charge on any atom is -0.477 e. The Morgan fingerprint density at radius 2 is 2.46 bits per heavy atom. The third-order valence-corrected chi connectivity index (χ3v) is 1.48. The van der Waals surface area contributed by atoms with Crippen LogP contribution >= 0.6 is 0 Å². The van der Waals surface area contributed by atoms with Gasteiger partial charge in [-0.05, 0) is 18.6 Å². The normalized spacial score (nSPS) is 9.69. The van der Waals surface area contributed by atoms with Crippen LogP contribution in [-0.2, 0) is 0 Å². The molecule has 13 heavy (non-hydrogen) atoms. The summed E-state index contributed by atoms with van der Waals surface area (Å²) in [4.78, 5) is 14.1. The molecule has 0 aliphatic rings. The van der Waals surface area contributed by atoms with Gasteiger partial charge in [-0.15, -0.1) is 0 Å². The summed E-state index contributed by atoms with van der Waals surface area (Å²) in [6.07, 6.45) is 1.18. The average Bonchev–Trinajstić information content (AvgIpc) is 2.04. The molecule has 0 saturated heterocycles. The first-order valence-corrected chi connectivity index (χ1v) is 3.54. The van der Waals surface area contributed by atoms with Gasteiger partial charge in [0.05, 0.1) is 6.20 Å². The van der Waals surface area contributed by atoms with Crippen LogP contribution in [0.2, 0.25) is 0 Å². The Bertz CT molecular complexity index is 327. The number of ether oxygens (including phenoxy) is 1. The number of nitrogens with zero attached hydrogens (tertiary/aromatic N) is 1. The molecule has 0 aliphatic carbocycles. The fraction of sp³-hybridized carbons (Fsp3) is 0.250. The number of hydrogen-bond donors (Lipinski definition) is 1. The summed E-state index contributed by atoms with van der Waals surface area (Å²) in [5.74, 6) is -0.880. The molecule has 1 heterocycles. The summed E-state index contributed by atoms with van der Waals surface area (Å²) >= 11 is 0. The maximum atomic E-state index is 11.7. The van der Waals surface area contributed by atoms with Gasteiger partial charge in [0.15, 0.2) is 5.69 Å². The number of carbonyl (C=O) groups is 1. The molecule has 1 N–H and O–H groups in total. The van der Waals surface area contributed by atoms with E-state index in [-0.39, 0.29) is 11.4 Å². The van der Waals surface area contributed by atoms with Gasteiger partial charge in [0.2, 0.25) is 6.86 Å². The summed E-state index contributed by atoms with van der Waals surface area (Å²) in [6, 6.07) is 1.43. The first-order chi connectivity index (χ1) is 6.15. The Balaban J connectivity index is 2.98. The van der Waals surface area contributed by atoms with E-state index in [0.29, 0.717) is 5.56 Å². The van der Waals surface area contributed by atoms with Crippen LogP contribution in [0.25, 0.3) is 0 Å². The van der Waals surface area contributed by atoms with E-state index in [0.717, 1.165) is 0 Å². The number of hydrogen-bond acceptors (Lipinski definition) is 3. The number of pyridine rings is 1. The van der Waals surface area contributed by atoms with Crippen molar-refractivity contribution in [3.8, 4) is 5.75 Å². The molecule has 0 atom stereocenters. The van der Waals surface area contributed by atoms with Gasteiger partial charge >= 0.3 is 5.97 Å². The van der Waals surface area contributed by atoms with Crippen LogP contribution in [0.4, 0.5) is 4.39 Å². The maximum Gasteiger partial charge on any atom is 0.354 e. The topological polar surface area (TPSA) is 59.4 Å². The van der Waals surface area contributed by atoms with Crippen LogP contribution in [0.5, 0.6) is 5.75 Å². The van der Waals surface area contributed by atoms with Crippen LogP contribution in [-0.4, -0.2) is 22.9 Å². The summed E-state index contributed by atoms with van der Waals surface area (Å²) in [5, 5.41) is 8.61. The average molecular weight is 185 g/mol. The quantitative estimate of drug-likeness (QED) is 0.773. The number of aromatic carboxylic acids is 1. The summed E-state index contributed by atoms with van der Waals surface area (Å²) in [6.45, 7) is 0.620. The molecule has 0 aliphatic heterocycles. The fourth-order valence-electron chi connectivity index (χ4n) is 0.915. The summed E-state index contributed by atoms with van der Waals surface area (Å²) in [7, 11) is 0. The molecule has 1 aromatic heterocycles. The third kappa shape index (κ3) is 2.14. The Morgan fingerprint density at radius 3 is 2.92 bits per heavy atom. The second kappa shape index (κ2) is 3.84. The van der Waals surface area contributed by atoms with Crippen molar-refractivity contribution in [2.45, 2.75) is 6.92 Å². The monoisotopic (exact) mass is 185 g/mol. The van der Waals surface area contributed by atoms with E-state index < -0.39 is 12.8 Å².